The first-order valence-electron chi connectivity index (χ1n) is 5.77. The first-order chi connectivity index (χ1) is 8.50. The molecule has 0 atom stereocenters. The molecule has 1 aliphatic rings. The van der Waals surface area contributed by atoms with Gasteiger partial charge < -0.3 is 4.74 Å². The Morgan fingerprint density at radius 2 is 1.56 bits per heavy atom. The topological polar surface area (TPSA) is 9.23 Å². The smallest absolute Gasteiger partial charge is 0.132 e. The zero-order valence-electron chi connectivity index (χ0n) is 10.1. The van der Waals surface area contributed by atoms with Crippen molar-refractivity contribution in [2.45, 2.75) is 19.3 Å². The molecular formula is C15H12Br2O. The summed E-state index contributed by atoms with van der Waals surface area (Å²) < 4.78 is 8.06. The van der Waals surface area contributed by atoms with Gasteiger partial charge in [-0.1, -0.05) is 32.0 Å². The maximum absolute atomic E-state index is 6.00. The molecule has 92 valence electrons. The van der Waals surface area contributed by atoms with Crippen molar-refractivity contribution in [2.24, 2.45) is 0 Å². The van der Waals surface area contributed by atoms with Crippen LogP contribution in [-0.4, -0.2) is 0 Å². The lowest BCUT2D eigenvalue weighted by Crippen LogP contribution is -2.24. The quantitative estimate of drug-likeness (QED) is 0.585. The molecule has 2 aromatic rings. The molecule has 3 rings (SSSR count). The van der Waals surface area contributed by atoms with Crippen LogP contribution in [0.2, 0.25) is 0 Å². The second-order valence-electron chi connectivity index (χ2n) is 4.99. The third-order valence-corrected chi connectivity index (χ3v) is 5.32. The fourth-order valence-corrected chi connectivity index (χ4v) is 3.10. The highest BCUT2D eigenvalue weighted by atomic mass is 79.9. The molecule has 0 saturated heterocycles. The molecule has 2 aromatic carbocycles. The van der Waals surface area contributed by atoms with Gasteiger partial charge in [0, 0.05) is 25.5 Å². The summed E-state index contributed by atoms with van der Waals surface area (Å²) in [6.45, 7) is 4.46. The van der Waals surface area contributed by atoms with Crippen LogP contribution in [0.5, 0.6) is 11.5 Å². The summed E-state index contributed by atoms with van der Waals surface area (Å²) in [5.41, 5.74) is 2.39. The Bertz CT molecular complexity index is 632. The van der Waals surface area contributed by atoms with Crippen molar-refractivity contribution in [3.63, 3.8) is 0 Å². The normalized spacial score (nSPS) is 15.6. The Labute approximate surface area is 123 Å². The third kappa shape index (κ3) is 1.72. The van der Waals surface area contributed by atoms with Crippen LogP contribution in [0.15, 0.2) is 45.3 Å². The summed E-state index contributed by atoms with van der Waals surface area (Å²) in [7, 11) is 0. The Balaban J connectivity index is 2.28. The number of para-hydroxylation sites is 1. The zero-order valence-corrected chi connectivity index (χ0v) is 13.3. The number of benzene rings is 2. The van der Waals surface area contributed by atoms with Gasteiger partial charge >= 0.3 is 0 Å². The summed E-state index contributed by atoms with van der Waals surface area (Å²) in [4.78, 5) is 0. The minimum absolute atomic E-state index is 0.0482. The standard InChI is InChI=1S/C15H12Br2O/c1-15(2)9-5-3-4-6-13(9)18-14-8-12(17)11(16)7-10(14)15/h3-8H,1-2H3. The van der Waals surface area contributed by atoms with E-state index >= 15 is 0 Å². The monoisotopic (exact) mass is 366 g/mol. The van der Waals surface area contributed by atoms with Crippen LogP contribution in [0.1, 0.15) is 25.0 Å². The van der Waals surface area contributed by atoms with Crippen molar-refractivity contribution >= 4 is 31.9 Å². The van der Waals surface area contributed by atoms with Crippen molar-refractivity contribution in [3.05, 3.63) is 56.5 Å². The second kappa shape index (κ2) is 4.10. The maximum atomic E-state index is 6.00. The van der Waals surface area contributed by atoms with Crippen LogP contribution < -0.4 is 4.74 Å². The first kappa shape index (κ1) is 12.2. The van der Waals surface area contributed by atoms with E-state index in [1.807, 2.05) is 18.2 Å². The Hall–Kier alpha value is -0.800. The summed E-state index contributed by atoms with van der Waals surface area (Å²) in [5, 5.41) is 0. The molecule has 18 heavy (non-hydrogen) atoms. The number of halogens is 2. The predicted octanol–water partition coefficient (Wildman–Crippen LogP) is 5.64. The van der Waals surface area contributed by atoms with Gasteiger partial charge in [0.25, 0.3) is 0 Å². The van der Waals surface area contributed by atoms with Crippen LogP contribution in [-0.2, 0) is 5.41 Å². The zero-order chi connectivity index (χ0) is 12.9. The number of ether oxygens (including phenoxy) is 1. The number of hydrogen-bond donors (Lipinski definition) is 0. The van der Waals surface area contributed by atoms with E-state index in [4.69, 9.17) is 4.74 Å². The van der Waals surface area contributed by atoms with E-state index in [0.717, 1.165) is 20.4 Å². The van der Waals surface area contributed by atoms with Crippen molar-refractivity contribution in [2.75, 3.05) is 0 Å². The Morgan fingerprint density at radius 1 is 0.889 bits per heavy atom. The molecular weight excluding hydrogens is 356 g/mol. The maximum Gasteiger partial charge on any atom is 0.132 e. The average Bonchev–Trinajstić information content (AvgIpc) is 2.33. The molecule has 0 fully saturated rings. The van der Waals surface area contributed by atoms with Gasteiger partial charge in [0.1, 0.15) is 11.5 Å². The number of fused-ring (bicyclic) bond motifs is 2. The molecule has 0 N–H and O–H groups in total. The molecule has 1 aliphatic heterocycles. The molecule has 3 heteroatoms. The molecule has 0 spiro atoms. The van der Waals surface area contributed by atoms with Crippen molar-refractivity contribution in [1.82, 2.24) is 0 Å². The minimum atomic E-state index is -0.0482. The molecule has 1 nitrogen and oxygen atoms in total. The van der Waals surface area contributed by atoms with Crippen molar-refractivity contribution < 1.29 is 4.74 Å². The van der Waals surface area contributed by atoms with Gasteiger partial charge in [-0.05, 0) is 50.1 Å². The SMILES string of the molecule is CC1(C)c2ccccc2Oc2cc(Br)c(Br)cc21. The van der Waals surface area contributed by atoms with E-state index in [1.54, 1.807) is 0 Å². The van der Waals surface area contributed by atoms with Crippen molar-refractivity contribution in [3.8, 4) is 11.5 Å². The number of rotatable bonds is 0. The van der Waals surface area contributed by atoms with E-state index in [9.17, 15) is 0 Å². The first-order valence-corrected chi connectivity index (χ1v) is 7.35. The molecule has 0 amide bonds. The lowest BCUT2D eigenvalue weighted by Gasteiger charge is -2.34. The molecule has 0 unspecified atom stereocenters. The highest BCUT2D eigenvalue weighted by Crippen LogP contribution is 2.49. The van der Waals surface area contributed by atoms with Gasteiger partial charge in [0.05, 0.1) is 0 Å². The molecule has 1 heterocycles. The fourth-order valence-electron chi connectivity index (χ4n) is 2.44. The largest absolute Gasteiger partial charge is 0.457 e. The fraction of sp³-hybridized carbons (Fsp3) is 0.200. The van der Waals surface area contributed by atoms with Gasteiger partial charge in [-0.3, -0.25) is 0 Å². The summed E-state index contributed by atoms with van der Waals surface area (Å²) >= 11 is 7.09. The van der Waals surface area contributed by atoms with Gasteiger partial charge in [0.15, 0.2) is 0 Å². The summed E-state index contributed by atoms with van der Waals surface area (Å²) in [5.74, 6) is 1.87. The Kier molecular flexibility index (Phi) is 2.79. The van der Waals surface area contributed by atoms with Crippen LogP contribution in [0.4, 0.5) is 0 Å². The lowest BCUT2D eigenvalue weighted by molar-refractivity contribution is 0.417. The molecule has 0 bridgehead atoms. The molecule has 0 aliphatic carbocycles. The molecule has 0 saturated carbocycles. The van der Waals surface area contributed by atoms with Gasteiger partial charge in [-0.2, -0.15) is 0 Å². The Morgan fingerprint density at radius 3 is 2.33 bits per heavy atom. The number of hydrogen-bond acceptors (Lipinski definition) is 1. The highest BCUT2D eigenvalue weighted by Gasteiger charge is 2.34. The van der Waals surface area contributed by atoms with Gasteiger partial charge in [-0.25, -0.2) is 0 Å². The van der Waals surface area contributed by atoms with Crippen molar-refractivity contribution in [1.29, 1.82) is 0 Å². The van der Waals surface area contributed by atoms with Crippen LogP contribution in [0, 0.1) is 0 Å². The summed E-state index contributed by atoms with van der Waals surface area (Å²) in [6, 6.07) is 12.4. The predicted molar refractivity (Wildman–Crippen MR) is 80.5 cm³/mol. The summed E-state index contributed by atoms with van der Waals surface area (Å²) in [6.07, 6.45) is 0. The van der Waals surface area contributed by atoms with Crippen LogP contribution in [0.3, 0.4) is 0 Å². The second-order valence-corrected chi connectivity index (χ2v) is 6.69. The van der Waals surface area contributed by atoms with E-state index in [-0.39, 0.29) is 5.41 Å². The van der Waals surface area contributed by atoms with Gasteiger partial charge in [-0.15, -0.1) is 0 Å². The van der Waals surface area contributed by atoms with Crippen LogP contribution >= 0.6 is 31.9 Å². The highest BCUT2D eigenvalue weighted by molar-refractivity contribution is 9.13. The van der Waals surface area contributed by atoms with E-state index in [0.29, 0.717) is 0 Å². The van der Waals surface area contributed by atoms with Crippen LogP contribution in [0.25, 0.3) is 0 Å². The minimum Gasteiger partial charge on any atom is -0.457 e. The molecule has 0 aromatic heterocycles. The molecule has 0 radical (unpaired) electrons. The van der Waals surface area contributed by atoms with Gasteiger partial charge in [0.2, 0.25) is 0 Å². The third-order valence-electron chi connectivity index (χ3n) is 3.48. The van der Waals surface area contributed by atoms with E-state index in [2.05, 4.69) is 63.9 Å². The van der Waals surface area contributed by atoms with E-state index in [1.165, 1.54) is 11.1 Å². The van der Waals surface area contributed by atoms with E-state index < -0.39 is 0 Å². The lowest BCUT2D eigenvalue weighted by atomic mass is 9.76. The average molecular weight is 368 g/mol.